The number of carbonyl (C=O) groups excluding carboxylic acids is 1. The van der Waals surface area contributed by atoms with Crippen molar-refractivity contribution >= 4 is 34.5 Å². The minimum Gasteiger partial charge on any atom is -0.370 e. The van der Waals surface area contributed by atoms with Gasteiger partial charge in [0, 0.05) is 31.4 Å². The van der Waals surface area contributed by atoms with Crippen LogP contribution in [0.4, 0.5) is 10.6 Å². The van der Waals surface area contributed by atoms with Crippen LogP contribution < -0.4 is 16.0 Å². The van der Waals surface area contributed by atoms with Crippen molar-refractivity contribution < 1.29 is 4.79 Å². The van der Waals surface area contributed by atoms with Crippen molar-refractivity contribution in [2.75, 3.05) is 11.9 Å². The maximum absolute atomic E-state index is 12.1. The zero-order valence-electron chi connectivity index (χ0n) is 14.7. The maximum atomic E-state index is 12.1. The third-order valence-electron chi connectivity index (χ3n) is 3.98. The lowest BCUT2D eigenvalue weighted by Gasteiger charge is -2.09. The van der Waals surface area contributed by atoms with Crippen molar-refractivity contribution in [3.8, 4) is 0 Å². The van der Waals surface area contributed by atoms with Gasteiger partial charge in [-0.1, -0.05) is 11.6 Å². The average molecular weight is 373 g/mol. The molecule has 3 aromatic rings. The maximum Gasteiger partial charge on any atom is 0.315 e. The molecule has 1 aromatic carbocycles. The quantitative estimate of drug-likeness (QED) is 0.621. The molecule has 0 atom stereocenters. The van der Waals surface area contributed by atoms with Gasteiger partial charge in [0.15, 0.2) is 0 Å². The van der Waals surface area contributed by atoms with Crippen LogP contribution in [0, 0.1) is 0 Å². The summed E-state index contributed by atoms with van der Waals surface area (Å²) >= 11 is 6.00. The number of rotatable bonds is 6. The molecule has 0 unspecified atom stereocenters. The Morgan fingerprint density at radius 1 is 1.19 bits per heavy atom. The molecule has 2 heterocycles. The van der Waals surface area contributed by atoms with Crippen LogP contribution in [-0.4, -0.2) is 27.1 Å². The van der Waals surface area contributed by atoms with Crippen molar-refractivity contribution in [1.82, 2.24) is 25.2 Å². The molecule has 2 amide bonds. The number of halogens is 1. The summed E-state index contributed by atoms with van der Waals surface area (Å²) in [6.07, 6.45) is 1.72. The Balaban J connectivity index is 1.56. The Labute approximate surface area is 156 Å². The number of carbonyl (C=O) groups is 1. The first-order valence-corrected chi connectivity index (χ1v) is 8.76. The molecule has 0 aliphatic rings. The average Bonchev–Trinajstić information content (AvgIpc) is 2.94. The van der Waals surface area contributed by atoms with E-state index in [9.17, 15) is 4.79 Å². The highest BCUT2D eigenvalue weighted by Gasteiger charge is 2.09. The van der Waals surface area contributed by atoms with Crippen molar-refractivity contribution in [2.45, 2.75) is 20.0 Å². The van der Waals surface area contributed by atoms with E-state index in [1.807, 2.05) is 48.9 Å². The summed E-state index contributed by atoms with van der Waals surface area (Å²) in [6.45, 7) is 3.56. The molecular formula is C18H21ClN6O. The molecule has 0 fully saturated rings. The third-order valence-corrected chi connectivity index (χ3v) is 4.21. The molecule has 0 saturated carbocycles. The number of aromatic nitrogens is 3. The molecule has 8 heteroatoms. The topological polar surface area (TPSA) is 83.9 Å². The second-order valence-electron chi connectivity index (χ2n) is 5.84. The first-order valence-electron chi connectivity index (χ1n) is 8.38. The van der Waals surface area contributed by atoms with E-state index >= 15 is 0 Å². The summed E-state index contributed by atoms with van der Waals surface area (Å²) in [6, 6.07) is 9.09. The Bertz CT molecular complexity index is 923. The number of aryl methyl sites for hydroxylation is 1. The summed E-state index contributed by atoms with van der Waals surface area (Å²) in [5, 5.41) is 9.45. The largest absolute Gasteiger partial charge is 0.370 e. The summed E-state index contributed by atoms with van der Waals surface area (Å²) < 4.78 is 1.94. The molecule has 0 aliphatic carbocycles. The molecule has 136 valence electrons. The molecule has 3 N–H and O–H groups in total. The first kappa shape index (κ1) is 18.0. The highest BCUT2D eigenvalue weighted by atomic mass is 35.5. The van der Waals surface area contributed by atoms with Gasteiger partial charge in [0.25, 0.3) is 0 Å². The molecule has 3 rings (SSSR count). The van der Waals surface area contributed by atoms with E-state index < -0.39 is 0 Å². The zero-order valence-corrected chi connectivity index (χ0v) is 15.5. The number of fused-ring (bicyclic) bond motifs is 1. The number of amides is 2. The fraction of sp³-hybridized carbons (Fsp3) is 0.278. The molecule has 0 spiro atoms. The van der Waals surface area contributed by atoms with Gasteiger partial charge in [-0.15, -0.1) is 0 Å². The van der Waals surface area contributed by atoms with Gasteiger partial charge in [-0.2, -0.15) is 0 Å². The van der Waals surface area contributed by atoms with E-state index in [1.54, 1.807) is 6.20 Å². The van der Waals surface area contributed by atoms with E-state index in [0.29, 0.717) is 18.1 Å². The van der Waals surface area contributed by atoms with E-state index in [4.69, 9.17) is 11.6 Å². The van der Waals surface area contributed by atoms with Crippen LogP contribution in [0.3, 0.4) is 0 Å². The van der Waals surface area contributed by atoms with Crippen LogP contribution in [0.25, 0.3) is 11.0 Å². The number of urea groups is 1. The highest BCUT2D eigenvalue weighted by Crippen LogP contribution is 2.19. The predicted octanol–water partition coefficient (Wildman–Crippen LogP) is 3.05. The fourth-order valence-electron chi connectivity index (χ4n) is 2.65. The smallest absolute Gasteiger partial charge is 0.315 e. The van der Waals surface area contributed by atoms with Gasteiger partial charge in [-0.25, -0.2) is 14.8 Å². The van der Waals surface area contributed by atoms with Gasteiger partial charge >= 0.3 is 6.03 Å². The molecule has 0 bridgehead atoms. The Morgan fingerprint density at radius 3 is 2.81 bits per heavy atom. The number of nitrogens with one attached hydrogen (secondary N) is 3. The number of hydrogen-bond donors (Lipinski definition) is 3. The van der Waals surface area contributed by atoms with Crippen molar-refractivity contribution in [2.24, 2.45) is 7.05 Å². The predicted molar refractivity (Wildman–Crippen MR) is 103 cm³/mol. The van der Waals surface area contributed by atoms with Crippen molar-refractivity contribution in [3.63, 3.8) is 0 Å². The number of nitrogens with zero attached hydrogens (tertiary/aromatic N) is 3. The van der Waals surface area contributed by atoms with Gasteiger partial charge in [0.05, 0.1) is 17.6 Å². The van der Waals surface area contributed by atoms with Crippen LogP contribution in [0.5, 0.6) is 0 Å². The molecular weight excluding hydrogens is 352 g/mol. The lowest BCUT2D eigenvalue weighted by atomic mass is 10.2. The van der Waals surface area contributed by atoms with Gasteiger partial charge in [-0.3, -0.25) is 0 Å². The molecule has 0 radical (unpaired) electrons. The number of benzene rings is 1. The normalized spacial score (nSPS) is 10.7. The summed E-state index contributed by atoms with van der Waals surface area (Å²) in [7, 11) is 1.91. The van der Waals surface area contributed by atoms with E-state index in [-0.39, 0.29) is 6.03 Å². The monoisotopic (exact) mass is 372 g/mol. The lowest BCUT2D eigenvalue weighted by Crippen LogP contribution is -2.35. The minimum absolute atomic E-state index is 0.253. The SMILES string of the molecule is CCNc1cc(CNC(=O)NCc2nc3cc(Cl)ccc3n2C)ccn1. The minimum atomic E-state index is -0.253. The number of hydrogen-bond acceptors (Lipinski definition) is 4. The van der Waals surface area contributed by atoms with Gasteiger partial charge < -0.3 is 20.5 Å². The number of anilines is 1. The lowest BCUT2D eigenvalue weighted by molar-refractivity contribution is 0.240. The number of imidazole rings is 1. The van der Waals surface area contributed by atoms with E-state index in [1.165, 1.54) is 0 Å². The summed E-state index contributed by atoms with van der Waals surface area (Å²) in [5.41, 5.74) is 2.76. The summed E-state index contributed by atoms with van der Waals surface area (Å²) in [4.78, 5) is 20.8. The van der Waals surface area contributed by atoms with E-state index in [0.717, 1.165) is 34.8 Å². The second kappa shape index (κ2) is 8.05. The molecule has 7 nitrogen and oxygen atoms in total. The van der Waals surface area contributed by atoms with Crippen LogP contribution in [0.15, 0.2) is 36.5 Å². The van der Waals surface area contributed by atoms with Crippen molar-refractivity contribution in [3.05, 3.63) is 52.9 Å². The highest BCUT2D eigenvalue weighted by molar-refractivity contribution is 6.31. The zero-order chi connectivity index (χ0) is 18.5. The van der Waals surface area contributed by atoms with Crippen molar-refractivity contribution in [1.29, 1.82) is 0 Å². The van der Waals surface area contributed by atoms with Gasteiger partial charge in [0.1, 0.15) is 11.6 Å². The third kappa shape index (κ3) is 4.23. The molecule has 0 saturated heterocycles. The molecule has 26 heavy (non-hydrogen) atoms. The first-order chi connectivity index (χ1) is 12.6. The van der Waals surface area contributed by atoms with Crippen LogP contribution >= 0.6 is 11.6 Å². The molecule has 2 aromatic heterocycles. The summed E-state index contributed by atoms with van der Waals surface area (Å²) in [5.74, 6) is 1.56. The van der Waals surface area contributed by atoms with Gasteiger partial charge in [-0.05, 0) is 42.8 Å². The molecule has 0 aliphatic heterocycles. The van der Waals surface area contributed by atoms with Crippen LogP contribution in [0.2, 0.25) is 5.02 Å². The number of pyridine rings is 1. The fourth-order valence-corrected chi connectivity index (χ4v) is 2.81. The standard InChI is InChI=1S/C18H21ClN6O/c1-3-20-16-8-12(6-7-21-16)10-22-18(26)23-11-17-24-14-9-13(19)4-5-15(14)25(17)2/h4-9H,3,10-11H2,1-2H3,(H,20,21)(H2,22,23,26). The Hall–Kier alpha value is -2.80. The van der Waals surface area contributed by atoms with Crippen LogP contribution in [-0.2, 0) is 20.1 Å². The van der Waals surface area contributed by atoms with E-state index in [2.05, 4.69) is 25.9 Å². The van der Waals surface area contributed by atoms with Crippen LogP contribution in [0.1, 0.15) is 18.3 Å². The Kier molecular flexibility index (Phi) is 5.58. The van der Waals surface area contributed by atoms with Gasteiger partial charge in [0.2, 0.25) is 0 Å². The Morgan fingerprint density at radius 2 is 2.00 bits per heavy atom. The second-order valence-corrected chi connectivity index (χ2v) is 6.27.